The number of nitrogens with two attached hydrogens (primary N) is 1. The highest BCUT2D eigenvalue weighted by Crippen LogP contribution is 2.32. The van der Waals surface area contributed by atoms with E-state index in [1.807, 2.05) is 13.8 Å². The number of nitrogens with zero attached hydrogens (tertiary/aromatic N) is 1. The summed E-state index contributed by atoms with van der Waals surface area (Å²) in [6.45, 7) is 3.66. The number of ether oxygens (including phenoxy) is 1. The Bertz CT molecular complexity index is 1180. The monoisotopic (exact) mass is 433 g/mol. The highest BCUT2D eigenvalue weighted by atomic mass is 35.5. The first-order valence-corrected chi connectivity index (χ1v) is 10.7. The first-order chi connectivity index (χ1) is 13.6. The molecule has 7 nitrogen and oxygen atoms in total. The number of amides is 1. The normalized spacial score (nSPS) is 11.6. The van der Waals surface area contributed by atoms with E-state index in [0.29, 0.717) is 21.4 Å². The molecular formula is C20H20ClN3O4S. The van der Waals surface area contributed by atoms with Gasteiger partial charge in [0.25, 0.3) is 0 Å². The number of fused-ring (bicyclic) bond motifs is 1. The Morgan fingerprint density at radius 3 is 2.59 bits per heavy atom. The lowest BCUT2D eigenvalue weighted by molar-refractivity contribution is -0.115. The van der Waals surface area contributed by atoms with Crippen LogP contribution in [0.3, 0.4) is 0 Å². The number of carbonyl (C=O) groups is 1. The van der Waals surface area contributed by atoms with Crippen molar-refractivity contribution in [2.75, 3.05) is 5.32 Å². The lowest BCUT2D eigenvalue weighted by Crippen LogP contribution is -2.17. The number of rotatable bonds is 6. The number of benzene rings is 2. The van der Waals surface area contributed by atoms with Crippen LogP contribution in [0.25, 0.3) is 10.8 Å². The van der Waals surface area contributed by atoms with Gasteiger partial charge < -0.3 is 10.1 Å². The van der Waals surface area contributed by atoms with E-state index >= 15 is 0 Å². The Hall–Kier alpha value is -2.68. The fraction of sp³-hybridized carbons (Fsp3) is 0.200. The first-order valence-electron chi connectivity index (χ1n) is 8.80. The van der Waals surface area contributed by atoms with Crippen molar-refractivity contribution in [2.24, 2.45) is 5.14 Å². The van der Waals surface area contributed by atoms with Gasteiger partial charge in [-0.25, -0.2) is 18.5 Å². The molecule has 0 saturated carbocycles. The highest BCUT2D eigenvalue weighted by molar-refractivity contribution is 7.89. The molecule has 1 amide bonds. The Balaban J connectivity index is 2.03. The number of anilines is 1. The van der Waals surface area contributed by atoms with Crippen molar-refractivity contribution >= 4 is 44.0 Å². The van der Waals surface area contributed by atoms with Crippen LogP contribution in [-0.2, 0) is 21.2 Å². The Morgan fingerprint density at radius 1 is 1.21 bits per heavy atom. The van der Waals surface area contributed by atoms with Crippen molar-refractivity contribution in [2.45, 2.75) is 31.3 Å². The van der Waals surface area contributed by atoms with Crippen LogP contribution in [0.4, 0.5) is 5.69 Å². The molecule has 3 N–H and O–H groups in total. The SMILES string of the molecule is CC(C)Oc1nccc2c(S(N)(=O)=O)cc(NC(=O)Cc3ccccc3Cl)cc12. The predicted molar refractivity (Wildman–Crippen MR) is 113 cm³/mol. The van der Waals surface area contributed by atoms with Crippen molar-refractivity contribution in [3.63, 3.8) is 0 Å². The van der Waals surface area contributed by atoms with E-state index in [1.54, 1.807) is 30.3 Å². The molecular weight excluding hydrogens is 414 g/mol. The molecule has 0 unspecified atom stereocenters. The van der Waals surface area contributed by atoms with Crippen LogP contribution >= 0.6 is 11.6 Å². The zero-order valence-corrected chi connectivity index (χ0v) is 17.4. The molecule has 1 aromatic heterocycles. The van der Waals surface area contributed by atoms with Gasteiger partial charge in [0.05, 0.1) is 17.4 Å². The number of primary sulfonamides is 1. The van der Waals surface area contributed by atoms with Crippen LogP contribution in [0.2, 0.25) is 5.02 Å². The fourth-order valence-electron chi connectivity index (χ4n) is 2.87. The van der Waals surface area contributed by atoms with Gasteiger partial charge in [-0.3, -0.25) is 4.79 Å². The van der Waals surface area contributed by atoms with Gasteiger partial charge in [0.15, 0.2) is 0 Å². The molecule has 0 fully saturated rings. The first kappa shape index (κ1) is 21.0. The number of sulfonamides is 1. The zero-order valence-electron chi connectivity index (χ0n) is 15.8. The van der Waals surface area contributed by atoms with E-state index in [1.165, 1.54) is 18.3 Å². The minimum atomic E-state index is -4.05. The summed E-state index contributed by atoms with van der Waals surface area (Å²) in [5.41, 5.74) is 0.921. The molecule has 0 aliphatic rings. The number of hydrogen-bond acceptors (Lipinski definition) is 5. The van der Waals surface area contributed by atoms with Gasteiger partial charge in [-0.15, -0.1) is 0 Å². The Morgan fingerprint density at radius 2 is 1.93 bits per heavy atom. The molecule has 0 atom stereocenters. The summed E-state index contributed by atoms with van der Waals surface area (Å²) in [4.78, 5) is 16.6. The molecule has 9 heteroatoms. The zero-order chi connectivity index (χ0) is 21.2. The smallest absolute Gasteiger partial charge is 0.238 e. The quantitative estimate of drug-likeness (QED) is 0.617. The molecule has 3 rings (SSSR count). The Kier molecular flexibility index (Phi) is 6.07. The summed E-state index contributed by atoms with van der Waals surface area (Å²) in [5.74, 6) is -0.0994. The third kappa shape index (κ3) is 5.03. The average molecular weight is 434 g/mol. The van der Waals surface area contributed by atoms with Crippen molar-refractivity contribution in [1.82, 2.24) is 4.98 Å². The van der Waals surface area contributed by atoms with Crippen LogP contribution in [-0.4, -0.2) is 25.4 Å². The lowest BCUT2D eigenvalue weighted by Gasteiger charge is -2.15. The summed E-state index contributed by atoms with van der Waals surface area (Å²) in [6, 6.07) is 11.5. The standard InChI is InChI=1S/C20H20ClN3O4S/c1-12(2)28-20-16-10-14(11-18(29(22,26)27)15(16)7-8-23-20)24-19(25)9-13-5-3-4-6-17(13)21/h3-8,10-12H,9H2,1-2H3,(H,24,25)(H2,22,26,27). The van der Waals surface area contributed by atoms with Crippen molar-refractivity contribution < 1.29 is 17.9 Å². The molecule has 0 aliphatic carbocycles. The van der Waals surface area contributed by atoms with Gasteiger partial charge in [-0.2, -0.15) is 0 Å². The summed E-state index contributed by atoms with van der Waals surface area (Å²) >= 11 is 6.10. The topological polar surface area (TPSA) is 111 Å². The fourth-order valence-corrected chi connectivity index (χ4v) is 3.85. The molecule has 0 radical (unpaired) electrons. The van der Waals surface area contributed by atoms with Crippen LogP contribution in [0.1, 0.15) is 19.4 Å². The van der Waals surface area contributed by atoms with E-state index in [-0.39, 0.29) is 34.9 Å². The largest absolute Gasteiger partial charge is 0.475 e. The van der Waals surface area contributed by atoms with Gasteiger partial charge in [0.2, 0.25) is 21.8 Å². The van der Waals surface area contributed by atoms with E-state index in [4.69, 9.17) is 21.5 Å². The maximum absolute atomic E-state index is 12.5. The lowest BCUT2D eigenvalue weighted by atomic mass is 10.1. The predicted octanol–water partition coefficient (Wildman–Crippen LogP) is 3.50. The Labute approximate surface area is 173 Å². The van der Waals surface area contributed by atoms with Gasteiger partial charge in [-0.05, 0) is 43.7 Å². The van der Waals surface area contributed by atoms with Gasteiger partial charge in [0, 0.05) is 27.7 Å². The van der Waals surface area contributed by atoms with E-state index < -0.39 is 10.0 Å². The highest BCUT2D eigenvalue weighted by Gasteiger charge is 2.19. The van der Waals surface area contributed by atoms with Crippen LogP contribution < -0.4 is 15.2 Å². The molecule has 1 heterocycles. The maximum atomic E-state index is 12.5. The number of pyridine rings is 1. The van der Waals surface area contributed by atoms with Crippen molar-refractivity contribution in [1.29, 1.82) is 0 Å². The van der Waals surface area contributed by atoms with Crippen molar-refractivity contribution in [3.8, 4) is 5.88 Å². The molecule has 3 aromatic rings. The summed E-state index contributed by atoms with van der Waals surface area (Å²) < 4.78 is 30.0. The maximum Gasteiger partial charge on any atom is 0.238 e. The molecule has 0 aliphatic heterocycles. The third-order valence-electron chi connectivity index (χ3n) is 4.05. The number of nitrogens with one attached hydrogen (secondary N) is 1. The second-order valence-electron chi connectivity index (χ2n) is 6.71. The third-order valence-corrected chi connectivity index (χ3v) is 5.37. The molecule has 0 saturated heterocycles. The summed E-state index contributed by atoms with van der Waals surface area (Å²) in [6.07, 6.45) is 1.30. The van der Waals surface area contributed by atoms with Crippen molar-refractivity contribution in [3.05, 3.63) is 59.2 Å². The number of halogens is 1. The average Bonchev–Trinajstić information content (AvgIpc) is 2.62. The minimum absolute atomic E-state index is 0.0325. The second kappa shape index (κ2) is 8.36. The van der Waals surface area contributed by atoms with Gasteiger partial charge in [0.1, 0.15) is 0 Å². The molecule has 152 valence electrons. The minimum Gasteiger partial charge on any atom is -0.475 e. The van der Waals surface area contributed by atoms with Crippen LogP contribution in [0, 0.1) is 0 Å². The van der Waals surface area contributed by atoms with Crippen LogP contribution in [0.5, 0.6) is 5.88 Å². The summed E-state index contributed by atoms with van der Waals surface area (Å²) in [5, 5.41) is 9.37. The molecule has 2 aromatic carbocycles. The molecule has 0 bridgehead atoms. The second-order valence-corrected chi connectivity index (χ2v) is 8.65. The molecule has 0 spiro atoms. The van der Waals surface area contributed by atoms with E-state index in [2.05, 4.69) is 10.3 Å². The van der Waals surface area contributed by atoms with Gasteiger partial charge in [-0.1, -0.05) is 29.8 Å². The summed E-state index contributed by atoms with van der Waals surface area (Å²) in [7, 11) is -4.05. The number of hydrogen-bond donors (Lipinski definition) is 2. The van der Waals surface area contributed by atoms with E-state index in [0.717, 1.165) is 0 Å². The van der Waals surface area contributed by atoms with E-state index in [9.17, 15) is 13.2 Å². The van der Waals surface area contributed by atoms with Crippen LogP contribution in [0.15, 0.2) is 53.6 Å². The van der Waals surface area contributed by atoms with Gasteiger partial charge >= 0.3 is 0 Å². The molecule has 29 heavy (non-hydrogen) atoms. The number of aromatic nitrogens is 1. The number of carbonyl (C=O) groups excluding carboxylic acids is 1.